The highest BCUT2D eigenvalue weighted by Gasteiger charge is 2.08. The largest absolute Gasteiger partial charge is 0.385 e. The van der Waals surface area contributed by atoms with Crippen LogP contribution >= 0.6 is 0 Å². The van der Waals surface area contributed by atoms with Crippen LogP contribution in [0.3, 0.4) is 0 Å². The van der Waals surface area contributed by atoms with Gasteiger partial charge in [-0.3, -0.25) is 4.79 Å². The van der Waals surface area contributed by atoms with Crippen LogP contribution in [0.4, 0.5) is 0 Å². The summed E-state index contributed by atoms with van der Waals surface area (Å²) < 4.78 is 0. The fourth-order valence-corrected chi connectivity index (χ4v) is 0.552. The molecule has 0 aromatic rings. The molecule has 0 saturated heterocycles. The van der Waals surface area contributed by atoms with E-state index in [1.807, 2.05) is 6.92 Å². The Hall–Kier alpha value is -0.630. The van der Waals surface area contributed by atoms with Crippen LogP contribution in [0.15, 0.2) is 12.7 Å². The number of rotatable bonds is 4. The molecule has 1 atom stereocenters. The summed E-state index contributed by atoms with van der Waals surface area (Å²) in [6.07, 6.45) is 1.68. The van der Waals surface area contributed by atoms with E-state index in [-0.39, 0.29) is 5.78 Å². The highest BCUT2D eigenvalue weighted by molar-refractivity contribution is 5.92. The molecule has 1 N–H and O–H groups in total. The van der Waals surface area contributed by atoms with E-state index in [4.69, 9.17) is 5.11 Å². The predicted octanol–water partition coefficient (Wildman–Crippen LogP) is 0.903. The number of ketones is 1. The van der Waals surface area contributed by atoms with Crippen LogP contribution in [-0.2, 0) is 4.79 Å². The maximum Gasteiger partial charge on any atom is 0.183 e. The summed E-state index contributed by atoms with van der Waals surface area (Å²) in [5, 5.41) is 8.90. The molecular formula is C7H12O2. The van der Waals surface area contributed by atoms with Gasteiger partial charge in [-0.05, 0) is 12.5 Å². The minimum Gasteiger partial charge on any atom is -0.385 e. The Morgan fingerprint density at radius 3 is 2.78 bits per heavy atom. The zero-order valence-electron chi connectivity index (χ0n) is 5.63. The van der Waals surface area contributed by atoms with Crippen LogP contribution in [0.2, 0.25) is 0 Å². The Morgan fingerprint density at radius 1 is 1.89 bits per heavy atom. The molecule has 0 aliphatic heterocycles. The van der Waals surface area contributed by atoms with Gasteiger partial charge in [0.1, 0.15) is 6.10 Å². The van der Waals surface area contributed by atoms with Crippen molar-refractivity contribution in [3.63, 3.8) is 0 Å². The van der Waals surface area contributed by atoms with E-state index >= 15 is 0 Å². The third-order valence-corrected chi connectivity index (χ3v) is 1.09. The van der Waals surface area contributed by atoms with E-state index in [0.29, 0.717) is 6.42 Å². The van der Waals surface area contributed by atoms with Crippen molar-refractivity contribution in [3.05, 3.63) is 12.7 Å². The van der Waals surface area contributed by atoms with Gasteiger partial charge in [-0.1, -0.05) is 19.9 Å². The lowest BCUT2D eigenvalue weighted by atomic mass is 10.1. The maximum atomic E-state index is 10.5. The zero-order chi connectivity index (χ0) is 7.28. The van der Waals surface area contributed by atoms with E-state index in [9.17, 15) is 4.79 Å². The lowest BCUT2D eigenvalue weighted by molar-refractivity contribution is -0.122. The smallest absolute Gasteiger partial charge is 0.183 e. The van der Waals surface area contributed by atoms with Crippen molar-refractivity contribution in [1.29, 1.82) is 0 Å². The molecule has 0 rings (SSSR count). The number of hydrogen-bond donors (Lipinski definition) is 1. The van der Waals surface area contributed by atoms with Crippen molar-refractivity contribution in [3.8, 4) is 0 Å². The molecule has 0 amide bonds. The Balaban J connectivity index is 3.58. The second-order valence-electron chi connectivity index (χ2n) is 1.91. The van der Waals surface area contributed by atoms with Gasteiger partial charge >= 0.3 is 0 Å². The van der Waals surface area contributed by atoms with Gasteiger partial charge in [-0.25, -0.2) is 0 Å². The molecular weight excluding hydrogens is 116 g/mol. The Bertz CT molecular complexity index is 107. The molecule has 2 heteroatoms. The Morgan fingerprint density at radius 2 is 2.44 bits per heavy atom. The summed E-state index contributed by atoms with van der Waals surface area (Å²) in [4.78, 5) is 10.5. The normalized spacial score (nSPS) is 12.7. The van der Waals surface area contributed by atoms with Gasteiger partial charge in [-0.15, -0.1) is 0 Å². The van der Waals surface area contributed by atoms with E-state index in [1.165, 1.54) is 0 Å². The highest BCUT2D eigenvalue weighted by Crippen LogP contribution is 1.96. The van der Waals surface area contributed by atoms with Gasteiger partial charge in [0.25, 0.3) is 0 Å². The molecule has 0 radical (unpaired) electrons. The first-order chi connectivity index (χ1) is 4.22. The van der Waals surface area contributed by atoms with Crippen molar-refractivity contribution in [1.82, 2.24) is 0 Å². The average Bonchev–Trinajstić information content (AvgIpc) is 1.87. The van der Waals surface area contributed by atoms with Gasteiger partial charge < -0.3 is 5.11 Å². The van der Waals surface area contributed by atoms with E-state index < -0.39 is 6.10 Å². The SMILES string of the molecule is C=CC(=O)C(O)CCC. The minimum atomic E-state index is -0.826. The highest BCUT2D eigenvalue weighted by atomic mass is 16.3. The first-order valence-corrected chi connectivity index (χ1v) is 3.06. The number of carbonyl (C=O) groups excluding carboxylic acids is 1. The average molecular weight is 128 g/mol. The summed E-state index contributed by atoms with van der Waals surface area (Å²) in [5.74, 6) is -0.281. The Kier molecular flexibility index (Phi) is 3.97. The molecule has 0 aromatic carbocycles. The van der Waals surface area contributed by atoms with Crippen LogP contribution in [-0.4, -0.2) is 17.0 Å². The van der Waals surface area contributed by atoms with Gasteiger partial charge in [0.2, 0.25) is 0 Å². The minimum absolute atomic E-state index is 0.281. The van der Waals surface area contributed by atoms with Gasteiger partial charge in [0.05, 0.1) is 0 Å². The first kappa shape index (κ1) is 8.37. The summed E-state index contributed by atoms with van der Waals surface area (Å²) in [6.45, 7) is 5.17. The molecule has 0 saturated carbocycles. The lowest BCUT2D eigenvalue weighted by Crippen LogP contribution is -2.16. The standard InChI is InChI=1S/C7H12O2/c1-3-5-7(9)6(8)4-2/h4,7,9H,2-3,5H2,1H3. The van der Waals surface area contributed by atoms with Crippen LogP contribution in [0.25, 0.3) is 0 Å². The molecule has 0 bridgehead atoms. The van der Waals surface area contributed by atoms with Gasteiger partial charge in [0, 0.05) is 0 Å². The molecule has 2 nitrogen and oxygen atoms in total. The predicted molar refractivity (Wildman–Crippen MR) is 36.1 cm³/mol. The third-order valence-electron chi connectivity index (χ3n) is 1.09. The molecule has 0 spiro atoms. The van der Waals surface area contributed by atoms with Crippen LogP contribution in [0, 0.1) is 0 Å². The molecule has 0 fully saturated rings. The third kappa shape index (κ3) is 3.03. The molecule has 0 aliphatic carbocycles. The Labute approximate surface area is 55.2 Å². The molecule has 0 aromatic heterocycles. The monoisotopic (exact) mass is 128 g/mol. The maximum absolute atomic E-state index is 10.5. The number of carbonyl (C=O) groups is 1. The summed E-state index contributed by atoms with van der Waals surface area (Å²) in [7, 11) is 0. The zero-order valence-corrected chi connectivity index (χ0v) is 5.63. The van der Waals surface area contributed by atoms with Crippen LogP contribution < -0.4 is 0 Å². The number of aliphatic hydroxyl groups is 1. The molecule has 9 heavy (non-hydrogen) atoms. The van der Waals surface area contributed by atoms with Gasteiger partial charge in [0.15, 0.2) is 5.78 Å². The van der Waals surface area contributed by atoms with E-state index in [1.54, 1.807) is 0 Å². The first-order valence-electron chi connectivity index (χ1n) is 3.06. The second-order valence-corrected chi connectivity index (χ2v) is 1.91. The van der Waals surface area contributed by atoms with Crippen LogP contribution in [0.1, 0.15) is 19.8 Å². The number of aliphatic hydroxyl groups excluding tert-OH is 1. The van der Waals surface area contributed by atoms with Crippen molar-refractivity contribution in [2.75, 3.05) is 0 Å². The lowest BCUT2D eigenvalue weighted by Gasteiger charge is -2.01. The molecule has 52 valence electrons. The molecule has 0 aliphatic rings. The van der Waals surface area contributed by atoms with Crippen molar-refractivity contribution in [2.24, 2.45) is 0 Å². The van der Waals surface area contributed by atoms with Gasteiger partial charge in [-0.2, -0.15) is 0 Å². The fraction of sp³-hybridized carbons (Fsp3) is 0.571. The molecule has 1 unspecified atom stereocenters. The fourth-order valence-electron chi connectivity index (χ4n) is 0.552. The van der Waals surface area contributed by atoms with Crippen molar-refractivity contribution in [2.45, 2.75) is 25.9 Å². The summed E-state index contributed by atoms with van der Waals surface area (Å²) in [5.41, 5.74) is 0. The van der Waals surface area contributed by atoms with Crippen LogP contribution in [0.5, 0.6) is 0 Å². The van der Waals surface area contributed by atoms with E-state index in [0.717, 1.165) is 12.5 Å². The quantitative estimate of drug-likeness (QED) is 0.571. The van der Waals surface area contributed by atoms with E-state index in [2.05, 4.69) is 6.58 Å². The summed E-state index contributed by atoms with van der Waals surface area (Å²) >= 11 is 0. The summed E-state index contributed by atoms with van der Waals surface area (Å²) in [6, 6.07) is 0. The molecule has 0 heterocycles. The number of hydrogen-bond acceptors (Lipinski definition) is 2. The topological polar surface area (TPSA) is 37.3 Å². The van der Waals surface area contributed by atoms with Crippen molar-refractivity contribution >= 4 is 5.78 Å². The van der Waals surface area contributed by atoms with Crippen molar-refractivity contribution < 1.29 is 9.90 Å². The second kappa shape index (κ2) is 4.27.